The number of aromatic nitrogens is 3. The lowest BCUT2D eigenvalue weighted by molar-refractivity contribution is 0.113. The van der Waals surface area contributed by atoms with Crippen LogP contribution in [0.2, 0.25) is 0 Å². The summed E-state index contributed by atoms with van der Waals surface area (Å²) >= 11 is 0. The first-order chi connectivity index (χ1) is 8.26. The Morgan fingerprint density at radius 2 is 2.29 bits per heavy atom. The summed E-state index contributed by atoms with van der Waals surface area (Å²) in [6, 6.07) is 0.473. The van der Waals surface area contributed by atoms with Crippen LogP contribution in [0.5, 0.6) is 0 Å². The van der Waals surface area contributed by atoms with Crippen molar-refractivity contribution in [2.75, 3.05) is 13.1 Å². The molecule has 2 unspecified atom stereocenters. The van der Waals surface area contributed by atoms with Crippen molar-refractivity contribution in [2.45, 2.75) is 45.8 Å². The van der Waals surface area contributed by atoms with Gasteiger partial charge in [0.05, 0.1) is 6.54 Å². The maximum absolute atomic E-state index is 5.95. The molecule has 96 valence electrons. The van der Waals surface area contributed by atoms with Gasteiger partial charge < -0.3 is 10.3 Å². The number of nitrogens with zero attached hydrogens (tertiary/aromatic N) is 4. The van der Waals surface area contributed by atoms with Gasteiger partial charge in [-0.05, 0) is 12.3 Å². The summed E-state index contributed by atoms with van der Waals surface area (Å²) in [5.74, 6) is 1.72. The van der Waals surface area contributed by atoms with Gasteiger partial charge in [-0.3, -0.25) is 4.90 Å². The fourth-order valence-electron chi connectivity index (χ4n) is 2.76. The maximum Gasteiger partial charge on any atom is 0.147 e. The molecule has 2 N–H and O–H groups in total. The fraction of sp³-hybridized carbons (Fsp3) is 0.833. The Morgan fingerprint density at radius 1 is 1.47 bits per heavy atom. The van der Waals surface area contributed by atoms with Crippen LogP contribution in [-0.4, -0.2) is 38.8 Å². The van der Waals surface area contributed by atoms with Crippen LogP contribution in [0.1, 0.15) is 32.5 Å². The summed E-state index contributed by atoms with van der Waals surface area (Å²) in [5, 5.41) is 8.12. The Hall–Kier alpha value is -0.940. The molecule has 2 heterocycles. The fourth-order valence-corrected chi connectivity index (χ4v) is 2.76. The van der Waals surface area contributed by atoms with Gasteiger partial charge in [0.1, 0.15) is 12.2 Å². The van der Waals surface area contributed by atoms with Crippen LogP contribution in [0.3, 0.4) is 0 Å². The zero-order valence-corrected chi connectivity index (χ0v) is 10.8. The van der Waals surface area contributed by atoms with Gasteiger partial charge in [-0.1, -0.05) is 20.3 Å². The standard InChI is InChI=1S/C12H23N5/c1-3-4-10(2)11(7-13)16-5-6-17-9-14-15-12(17)8-16/h9-11H,3-8,13H2,1-2H3. The Morgan fingerprint density at radius 3 is 3.00 bits per heavy atom. The molecule has 1 aromatic heterocycles. The van der Waals surface area contributed by atoms with Crippen LogP contribution in [0, 0.1) is 5.92 Å². The molecule has 2 rings (SSSR count). The predicted octanol–water partition coefficient (Wildman–Crippen LogP) is 0.857. The van der Waals surface area contributed by atoms with E-state index in [9.17, 15) is 0 Å². The van der Waals surface area contributed by atoms with Crippen LogP contribution >= 0.6 is 0 Å². The summed E-state index contributed by atoms with van der Waals surface area (Å²) in [6.45, 7) is 8.20. The first-order valence-corrected chi connectivity index (χ1v) is 6.57. The lowest BCUT2D eigenvalue weighted by atomic mass is 9.95. The molecule has 0 aliphatic carbocycles. The van der Waals surface area contributed by atoms with Crippen molar-refractivity contribution in [3.63, 3.8) is 0 Å². The van der Waals surface area contributed by atoms with Crippen molar-refractivity contribution in [2.24, 2.45) is 11.7 Å². The second-order valence-electron chi connectivity index (χ2n) is 4.98. The summed E-state index contributed by atoms with van der Waals surface area (Å²) < 4.78 is 2.13. The normalized spacial score (nSPS) is 19.9. The summed E-state index contributed by atoms with van der Waals surface area (Å²) in [6.07, 6.45) is 4.28. The highest BCUT2D eigenvalue weighted by molar-refractivity contribution is 4.92. The molecule has 0 radical (unpaired) electrons. The zero-order valence-electron chi connectivity index (χ0n) is 10.8. The Labute approximate surface area is 103 Å². The van der Waals surface area contributed by atoms with Gasteiger partial charge >= 0.3 is 0 Å². The highest BCUT2D eigenvalue weighted by Crippen LogP contribution is 2.20. The zero-order chi connectivity index (χ0) is 12.3. The van der Waals surface area contributed by atoms with Gasteiger partial charge in [0.15, 0.2) is 0 Å². The third kappa shape index (κ3) is 2.66. The van der Waals surface area contributed by atoms with E-state index >= 15 is 0 Å². The quantitative estimate of drug-likeness (QED) is 0.825. The molecule has 0 bridgehead atoms. The summed E-state index contributed by atoms with van der Waals surface area (Å²) in [7, 11) is 0. The summed E-state index contributed by atoms with van der Waals surface area (Å²) in [5.41, 5.74) is 5.95. The Balaban J connectivity index is 2.02. The Kier molecular flexibility index (Phi) is 4.12. The molecular formula is C12H23N5. The molecule has 0 saturated carbocycles. The van der Waals surface area contributed by atoms with Crippen LogP contribution in [0.4, 0.5) is 0 Å². The minimum Gasteiger partial charge on any atom is -0.329 e. The smallest absolute Gasteiger partial charge is 0.147 e. The number of nitrogens with two attached hydrogens (primary N) is 1. The number of hydrogen-bond acceptors (Lipinski definition) is 4. The van der Waals surface area contributed by atoms with Crippen molar-refractivity contribution >= 4 is 0 Å². The number of rotatable bonds is 5. The van der Waals surface area contributed by atoms with E-state index in [-0.39, 0.29) is 0 Å². The Bertz CT molecular complexity index is 348. The van der Waals surface area contributed by atoms with E-state index in [0.717, 1.165) is 32.0 Å². The minimum atomic E-state index is 0.473. The second kappa shape index (κ2) is 5.60. The molecule has 0 amide bonds. The van der Waals surface area contributed by atoms with Gasteiger partial charge in [-0.25, -0.2) is 0 Å². The first-order valence-electron chi connectivity index (χ1n) is 6.57. The number of hydrogen-bond donors (Lipinski definition) is 1. The topological polar surface area (TPSA) is 60.0 Å². The first kappa shape index (κ1) is 12.5. The molecule has 5 heteroatoms. The van der Waals surface area contributed by atoms with Gasteiger partial charge in [-0.15, -0.1) is 10.2 Å². The average Bonchev–Trinajstić information content (AvgIpc) is 2.77. The van der Waals surface area contributed by atoms with Crippen LogP contribution in [0.15, 0.2) is 6.33 Å². The molecule has 1 aliphatic heterocycles. The molecule has 5 nitrogen and oxygen atoms in total. The van der Waals surface area contributed by atoms with E-state index in [0.29, 0.717) is 12.0 Å². The second-order valence-corrected chi connectivity index (χ2v) is 4.98. The SMILES string of the molecule is CCCC(C)C(CN)N1CCn2cnnc2C1. The molecule has 0 aromatic carbocycles. The van der Waals surface area contributed by atoms with Crippen molar-refractivity contribution in [3.05, 3.63) is 12.2 Å². The van der Waals surface area contributed by atoms with E-state index < -0.39 is 0 Å². The van der Waals surface area contributed by atoms with Crippen molar-refractivity contribution in [1.82, 2.24) is 19.7 Å². The molecule has 1 aliphatic rings. The average molecular weight is 237 g/mol. The number of fused-ring (bicyclic) bond motifs is 1. The predicted molar refractivity (Wildman–Crippen MR) is 67.3 cm³/mol. The third-order valence-corrected chi connectivity index (χ3v) is 3.78. The minimum absolute atomic E-state index is 0.473. The van der Waals surface area contributed by atoms with Crippen molar-refractivity contribution in [3.8, 4) is 0 Å². The lowest BCUT2D eigenvalue weighted by Crippen LogP contribution is -2.48. The van der Waals surface area contributed by atoms with Gasteiger partial charge in [0.25, 0.3) is 0 Å². The highest BCUT2D eigenvalue weighted by Gasteiger charge is 2.26. The maximum atomic E-state index is 5.95. The lowest BCUT2D eigenvalue weighted by Gasteiger charge is -2.37. The summed E-state index contributed by atoms with van der Waals surface area (Å²) in [4.78, 5) is 2.46. The molecule has 1 aromatic rings. The largest absolute Gasteiger partial charge is 0.329 e. The van der Waals surface area contributed by atoms with E-state index in [4.69, 9.17) is 5.73 Å². The van der Waals surface area contributed by atoms with E-state index in [1.165, 1.54) is 12.8 Å². The van der Waals surface area contributed by atoms with Gasteiger partial charge in [0.2, 0.25) is 0 Å². The van der Waals surface area contributed by atoms with E-state index in [2.05, 4.69) is 33.5 Å². The monoisotopic (exact) mass is 237 g/mol. The molecule has 17 heavy (non-hydrogen) atoms. The third-order valence-electron chi connectivity index (χ3n) is 3.78. The van der Waals surface area contributed by atoms with Crippen molar-refractivity contribution in [1.29, 1.82) is 0 Å². The van der Waals surface area contributed by atoms with Crippen LogP contribution in [0.25, 0.3) is 0 Å². The van der Waals surface area contributed by atoms with E-state index in [1.807, 2.05) is 6.33 Å². The molecular weight excluding hydrogens is 214 g/mol. The molecule has 0 saturated heterocycles. The molecule has 0 spiro atoms. The van der Waals surface area contributed by atoms with E-state index in [1.54, 1.807) is 0 Å². The molecule has 2 atom stereocenters. The van der Waals surface area contributed by atoms with Gasteiger partial charge in [0, 0.05) is 25.7 Å². The van der Waals surface area contributed by atoms with Crippen molar-refractivity contribution < 1.29 is 0 Å². The highest BCUT2D eigenvalue weighted by atomic mass is 15.3. The van der Waals surface area contributed by atoms with Crippen LogP contribution < -0.4 is 5.73 Å². The van der Waals surface area contributed by atoms with Gasteiger partial charge in [-0.2, -0.15) is 0 Å². The molecule has 0 fully saturated rings. The van der Waals surface area contributed by atoms with Crippen LogP contribution in [-0.2, 0) is 13.1 Å².